The molecule has 20 heavy (non-hydrogen) atoms. The zero-order valence-corrected chi connectivity index (χ0v) is 13.4. The van der Waals surface area contributed by atoms with Crippen LogP contribution in [0.1, 0.15) is 30.5 Å². The minimum atomic E-state index is -0.263. The Hall–Kier alpha value is -1.40. The molecule has 0 aliphatic heterocycles. The maximum absolute atomic E-state index is 11.2. The molecule has 108 valence electrons. The number of thiophene rings is 1. The first-order valence-corrected chi connectivity index (χ1v) is 8.17. The van der Waals surface area contributed by atoms with E-state index < -0.39 is 0 Å². The van der Waals surface area contributed by atoms with Crippen molar-refractivity contribution in [1.29, 1.82) is 0 Å². The summed E-state index contributed by atoms with van der Waals surface area (Å²) in [6.07, 6.45) is 0.222. The molecular formula is C14H18N2O2S2. The van der Waals surface area contributed by atoms with Gasteiger partial charge in [0.25, 0.3) is 0 Å². The molecule has 0 radical (unpaired) electrons. The summed E-state index contributed by atoms with van der Waals surface area (Å²) in [5.74, 6) is 0.196. The third-order valence-electron chi connectivity index (χ3n) is 2.90. The molecule has 0 amide bonds. The molecule has 2 aromatic rings. The second kappa shape index (κ2) is 6.85. The van der Waals surface area contributed by atoms with Crippen LogP contribution < -0.4 is 5.32 Å². The van der Waals surface area contributed by atoms with Gasteiger partial charge in [-0.3, -0.25) is 4.79 Å². The van der Waals surface area contributed by atoms with Crippen LogP contribution in [0.25, 0.3) is 0 Å². The number of nitrogens with one attached hydrogen (secondary N) is 1. The maximum atomic E-state index is 11.2. The van der Waals surface area contributed by atoms with Gasteiger partial charge in [0, 0.05) is 10.3 Å². The molecule has 0 fully saturated rings. The van der Waals surface area contributed by atoms with Gasteiger partial charge in [0.1, 0.15) is 0 Å². The fourth-order valence-corrected chi connectivity index (χ4v) is 3.54. The van der Waals surface area contributed by atoms with Crippen LogP contribution in [0.2, 0.25) is 0 Å². The Labute approximate surface area is 126 Å². The quantitative estimate of drug-likeness (QED) is 0.826. The highest BCUT2D eigenvalue weighted by Gasteiger charge is 2.18. The Bertz CT molecular complexity index is 549. The van der Waals surface area contributed by atoms with Gasteiger partial charge in [-0.1, -0.05) is 19.9 Å². The van der Waals surface area contributed by atoms with Crippen LogP contribution in [0.3, 0.4) is 0 Å². The van der Waals surface area contributed by atoms with Gasteiger partial charge in [0.15, 0.2) is 5.13 Å². The average molecular weight is 310 g/mol. The van der Waals surface area contributed by atoms with Gasteiger partial charge in [-0.05, 0) is 17.4 Å². The highest BCUT2D eigenvalue weighted by atomic mass is 32.1. The minimum Gasteiger partial charge on any atom is -0.469 e. The normalized spacial score (nSPS) is 12.4. The summed E-state index contributed by atoms with van der Waals surface area (Å²) in [6.45, 7) is 4.36. The number of carbonyl (C=O) groups is 1. The molecule has 1 unspecified atom stereocenters. The number of anilines is 1. The van der Waals surface area contributed by atoms with Crippen LogP contribution in [0, 0.1) is 5.92 Å². The van der Waals surface area contributed by atoms with Gasteiger partial charge < -0.3 is 10.1 Å². The van der Waals surface area contributed by atoms with Crippen LogP contribution in [0.4, 0.5) is 5.13 Å². The molecule has 2 rings (SSSR count). The number of nitrogens with zero attached hydrogens (tertiary/aromatic N) is 1. The van der Waals surface area contributed by atoms with E-state index in [0.29, 0.717) is 5.92 Å². The smallest absolute Gasteiger partial charge is 0.311 e. The van der Waals surface area contributed by atoms with Gasteiger partial charge in [-0.2, -0.15) is 0 Å². The maximum Gasteiger partial charge on any atom is 0.311 e. The number of methoxy groups -OCH3 is 1. The molecule has 0 bridgehead atoms. The van der Waals surface area contributed by atoms with E-state index in [2.05, 4.69) is 46.4 Å². The van der Waals surface area contributed by atoms with Crippen LogP contribution in [-0.4, -0.2) is 18.1 Å². The van der Waals surface area contributed by atoms with E-state index in [0.717, 1.165) is 10.8 Å². The van der Waals surface area contributed by atoms with Crippen molar-refractivity contribution in [3.8, 4) is 0 Å². The molecule has 1 atom stereocenters. The lowest BCUT2D eigenvalue weighted by Crippen LogP contribution is -2.15. The SMILES string of the molecule is COC(=O)Cc1csc(NC(c2cccs2)C(C)C)n1. The zero-order valence-electron chi connectivity index (χ0n) is 11.8. The Morgan fingerprint density at radius 3 is 2.85 bits per heavy atom. The zero-order chi connectivity index (χ0) is 14.5. The number of carbonyl (C=O) groups excluding carboxylic acids is 1. The topological polar surface area (TPSA) is 51.2 Å². The lowest BCUT2D eigenvalue weighted by molar-refractivity contribution is -0.139. The number of aromatic nitrogens is 1. The van der Waals surface area contributed by atoms with Crippen molar-refractivity contribution in [2.24, 2.45) is 5.92 Å². The van der Waals surface area contributed by atoms with Gasteiger partial charge in [0.05, 0.1) is 25.3 Å². The number of ether oxygens (including phenoxy) is 1. The lowest BCUT2D eigenvalue weighted by atomic mass is 10.0. The van der Waals surface area contributed by atoms with E-state index in [-0.39, 0.29) is 18.4 Å². The van der Waals surface area contributed by atoms with E-state index in [1.54, 1.807) is 11.3 Å². The van der Waals surface area contributed by atoms with Crippen LogP contribution in [0.5, 0.6) is 0 Å². The van der Waals surface area contributed by atoms with Crippen molar-refractivity contribution in [3.05, 3.63) is 33.5 Å². The van der Waals surface area contributed by atoms with Gasteiger partial charge in [-0.15, -0.1) is 22.7 Å². The molecule has 4 nitrogen and oxygen atoms in total. The monoisotopic (exact) mass is 310 g/mol. The minimum absolute atomic E-state index is 0.222. The third-order valence-corrected chi connectivity index (χ3v) is 4.68. The van der Waals surface area contributed by atoms with Gasteiger partial charge >= 0.3 is 5.97 Å². The Morgan fingerprint density at radius 1 is 1.45 bits per heavy atom. The van der Waals surface area contributed by atoms with Crippen LogP contribution >= 0.6 is 22.7 Å². The summed E-state index contributed by atoms with van der Waals surface area (Å²) in [7, 11) is 1.39. The first-order valence-electron chi connectivity index (χ1n) is 6.41. The second-order valence-corrected chi connectivity index (χ2v) is 6.62. The largest absolute Gasteiger partial charge is 0.469 e. The predicted molar refractivity (Wildman–Crippen MR) is 83.4 cm³/mol. The van der Waals surface area contributed by atoms with Crippen molar-refractivity contribution in [2.45, 2.75) is 26.3 Å². The molecule has 2 aromatic heterocycles. The third kappa shape index (κ3) is 3.80. The number of thiazole rings is 1. The highest BCUT2D eigenvalue weighted by molar-refractivity contribution is 7.13. The molecule has 0 spiro atoms. The molecule has 0 aliphatic rings. The predicted octanol–water partition coefficient (Wildman–Crippen LogP) is 3.73. The first-order chi connectivity index (χ1) is 9.60. The fraction of sp³-hybridized carbons (Fsp3) is 0.429. The molecule has 6 heteroatoms. The Morgan fingerprint density at radius 2 is 2.25 bits per heavy atom. The number of hydrogen-bond donors (Lipinski definition) is 1. The van der Waals surface area contributed by atoms with E-state index >= 15 is 0 Å². The van der Waals surface area contributed by atoms with Gasteiger partial charge in [0.2, 0.25) is 0 Å². The Balaban J connectivity index is 2.06. The summed E-state index contributed by atoms with van der Waals surface area (Å²) in [5.41, 5.74) is 0.748. The summed E-state index contributed by atoms with van der Waals surface area (Å²) in [6, 6.07) is 4.43. The van der Waals surface area contributed by atoms with Crippen molar-refractivity contribution >= 4 is 33.8 Å². The van der Waals surface area contributed by atoms with E-state index in [1.165, 1.54) is 23.3 Å². The van der Waals surface area contributed by atoms with E-state index in [4.69, 9.17) is 0 Å². The molecule has 1 N–H and O–H groups in total. The molecule has 0 aliphatic carbocycles. The first kappa shape index (κ1) is 15.0. The van der Waals surface area contributed by atoms with Crippen LogP contribution in [0.15, 0.2) is 22.9 Å². The number of esters is 1. The average Bonchev–Trinajstić information content (AvgIpc) is 3.06. The summed E-state index contributed by atoms with van der Waals surface area (Å²) < 4.78 is 4.65. The molecule has 0 saturated carbocycles. The second-order valence-electron chi connectivity index (χ2n) is 4.78. The lowest BCUT2D eigenvalue weighted by Gasteiger charge is -2.20. The highest BCUT2D eigenvalue weighted by Crippen LogP contribution is 2.30. The summed E-state index contributed by atoms with van der Waals surface area (Å²) in [4.78, 5) is 17.0. The number of rotatable bonds is 6. The standard InChI is InChI=1S/C14H18N2O2S2/c1-9(2)13(11-5-4-6-19-11)16-14-15-10(8-20-14)7-12(17)18-3/h4-6,8-9,13H,7H2,1-3H3,(H,15,16). The van der Waals surface area contributed by atoms with E-state index in [1.807, 2.05) is 5.38 Å². The molecule has 0 saturated heterocycles. The molecule has 2 heterocycles. The van der Waals surface area contributed by atoms with Crippen molar-refractivity contribution in [1.82, 2.24) is 4.98 Å². The van der Waals surface area contributed by atoms with Crippen molar-refractivity contribution in [3.63, 3.8) is 0 Å². The van der Waals surface area contributed by atoms with E-state index in [9.17, 15) is 4.79 Å². The fourth-order valence-electron chi connectivity index (χ4n) is 1.84. The molecular weight excluding hydrogens is 292 g/mol. The van der Waals surface area contributed by atoms with Gasteiger partial charge in [-0.25, -0.2) is 4.98 Å². The van der Waals surface area contributed by atoms with Crippen LogP contribution in [-0.2, 0) is 16.0 Å². The summed E-state index contributed by atoms with van der Waals surface area (Å²) >= 11 is 3.26. The number of hydrogen-bond acceptors (Lipinski definition) is 6. The Kier molecular flexibility index (Phi) is 5.14. The van der Waals surface area contributed by atoms with Crippen molar-refractivity contribution < 1.29 is 9.53 Å². The summed E-state index contributed by atoms with van der Waals surface area (Å²) in [5, 5.41) is 8.28. The van der Waals surface area contributed by atoms with Crippen molar-refractivity contribution in [2.75, 3.05) is 12.4 Å². The molecule has 0 aromatic carbocycles.